The van der Waals surface area contributed by atoms with Gasteiger partial charge in [-0.3, -0.25) is 9.97 Å². The molecule has 2 atom stereocenters. The molecule has 6 rings (SSSR count). The zero-order valence-corrected chi connectivity index (χ0v) is 30.1. The summed E-state index contributed by atoms with van der Waals surface area (Å²) in [5.41, 5.74) is 6.19. The van der Waals surface area contributed by atoms with Crippen LogP contribution in [-0.4, -0.2) is 88.4 Å². The number of aliphatic hydroxyl groups excluding tert-OH is 2. The maximum atomic E-state index is 12.2. The van der Waals surface area contributed by atoms with Crippen molar-refractivity contribution >= 4 is 6.09 Å². The number of ether oxygens (including phenoxy) is 3. The van der Waals surface area contributed by atoms with Gasteiger partial charge in [0.15, 0.2) is 0 Å². The Balaban J connectivity index is 0.000000205. The number of carbonyl (C=O) groups is 1. The molecule has 10 nitrogen and oxygen atoms in total. The number of hydrogen-bond acceptors (Lipinski definition) is 9. The smallest absolute Gasteiger partial charge is 0.410 e. The van der Waals surface area contributed by atoms with Gasteiger partial charge in [-0.1, -0.05) is 48.5 Å². The maximum absolute atomic E-state index is 12.2. The number of carbonyl (C=O) groups excluding carboxylic acids is 1. The predicted molar refractivity (Wildman–Crippen MR) is 199 cm³/mol. The lowest BCUT2D eigenvalue weighted by atomic mass is 10.0. The third-order valence-electron chi connectivity index (χ3n) is 8.84. The van der Waals surface area contributed by atoms with Crippen LogP contribution in [0.3, 0.4) is 0 Å². The Morgan fingerprint density at radius 3 is 1.69 bits per heavy atom. The summed E-state index contributed by atoms with van der Waals surface area (Å²) in [6.07, 6.45) is 12.3. The minimum atomic E-state index is -0.496. The Labute approximate surface area is 301 Å². The first-order chi connectivity index (χ1) is 24.7. The highest BCUT2D eigenvalue weighted by atomic mass is 16.6. The molecular weight excluding hydrogens is 644 g/mol. The summed E-state index contributed by atoms with van der Waals surface area (Å²) in [5.74, 6) is 1.50. The van der Waals surface area contributed by atoms with E-state index in [1.54, 1.807) is 17.3 Å². The topological polar surface area (TPSA) is 126 Å². The van der Waals surface area contributed by atoms with Gasteiger partial charge in [0.1, 0.15) is 30.3 Å². The molecule has 4 heterocycles. The monoisotopic (exact) mass is 696 g/mol. The van der Waals surface area contributed by atoms with Crippen LogP contribution in [0.1, 0.15) is 57.6 Å². The van der Waals surface area contributed by atoms with Crippen LogP contribution in [0.4, 0.5) is 4.79 Å². The molecule has 2 aliphatic rings. The second-order valence-electron chi connectivity index (χ2n) is 14.0. The molecule has 10 heteroatoms. The molecule has 4 aromatic rings. The second kappa shape index (κ2) is 18.6. The summed E-state index contributed by atoms with van der Waals surface area (Å²) in [5, 5.41) is 21.1. The van der Waals surface area contributed by atoms with Crippen LogP contribution in [0.15, 0.2) is 85.5 Å². The highest BCUT2D eigenvalue weighted by molar-refractivity contribution is 5.69. The van der Waals surface area contributed by atoms with Crippen molar-refractivity contribution in [3.8, 4) is 33.8 Å². The van der Waals surface area contributed by atoms with E-state index in [4.69, 9.17) is 24.4 Å². The first-order valence-corrected chi connectivity index (χ1v) is 18.0. The molecule has 2 aliphatic heterocycles. The van der Waals surface area contributed by atoms with Gasteiger partial charge in [0.2, 0.25) is 0 Å². The normalized spacial score (nSPS) is 16.6. The SMILES string of the molecule is CC(C)(C)OC(=O)N1CC[C@H]1COc1cncc(-c2ccc(CCCO)cc2)c1.OCCCc1ccc(-c2cncc(OC[C@@H]3CCN3)c2)cc1. The minimum Gasteiger partial charge on any atom is -0.490 e. The zero-order valence-electron chi connectivity index (χ0n) is 30.1. The second-order valence-corrected chi connectivity index (χ2v) is 14.0. The van der Waals surface area contributed by atoms with E-state index in [1.807, 2.05) is 45.3 Å². The fourth-order valence-corrected chi connectivity index (χ4v) is 5.66. The molecular formula is C41H52N4O6. The van der Waals surface area contributed by atoms with E-state index < -0.39 is 5.60 Å². The van der Waals surface area contributed by atoms with Crippen molar-refractivity contribution < 1.29 is 29.2 Å². The number of nitrogens with zero attached hydrogens (tertiary/aromatic N) is 3. The minimum absolute atomic E-state index is 0.0271. The van der Waals surface area contributed by atoms with Crippen LogP contribution in [-0.2, 0) is 17.6 Å². The number of hydrogen-bond donors (Lipinski definition) is 3. The average Bonchev–Trinajstić information content (AvgIpc) is 3.09. The molecule has 0 saturated carbocycles. The highest BCUT2D eigenvalue weighted by Gasteiger charge is 2.35. The Kier molecular flexibility index (Phi) is 13.8. The average molecular weight is 697 g/mol. The van der Waals surface area contributed by atoms with Gasteiger partial charge >= 0.3 is 6.09 Å². The summed E-state index contributed by atoms with van der Waals surface area (Å²) in [6.45, 7) is 8.96. The van der Waals surface area contributed by atoms with Crippen molar-refractivity contribution in [1.82, 2.24) is 20.2 Å². The maximum Gasteiger partial charge on any atom is 0.410 e. The third-order valence-corrected chi connectivity index (χ3v) is 8.84. The van der Waals surface area contributed by atoms with E-state index in [2.05, 4.69) is 63.8 Å². The van der Waals surface area contributed by atoms with Crippen LogP contribution in [0.5, 0.6) is 11.5 Å². The highest BCUT2D eigenvalue weighted by Crippen LogP contribution is 2.27. The van der Waals surface area contributed by atoms with Crippen LogP contribution in [0.25, 0.3) is 22.3 Å². The van der Waals surface area contributed by atoms with Crippen LogP contribution >= 0.6 is 0 Å². The number of pyridine rings is 2. The van der Waals surface area contributed by atoms with E-state index in [0.717, 1.165) is 66.7 Å². The molecule has 2 fully saturated rings. The Morgan fingerprint density at radius 2 is 1.27 bits per heavy atom. The molecule has 0 unspecified atom stereocenters. The van der Waals surface area contributed by atoms with Gasteiger partial charge in [-0.25, -0.2) is 4.79 Å². The number of likely N-dealkylation sites (tertiary alicyclic amines) is 1. The molecule has 51 heavy (non-hydrogen) atoms. The molecule has 0 bridgehead atoms. The molecule has 2 saturated heterocycles. The number of aromatic nitrogens is 2. The lowest BCUT2D eigenvalue weighted by Gasteiger charge is -2.40. The molecule has 3 N–H and O–H groups in total. The van der Waals surface area contributed by atoms with E-state index >= 15 is 0 Å². The quantitative estimate of drug-likeness (QED) is 0.136. The van der Waals surface area contributed by atoms with Gasteiger partial charge in [-0.15, -0.1) is 0 Å². The first kappa shape index (κ1) is 37.7. The molecule has 0 aliphatic carbocycles. The number of aryl methyl sites for hydroxylation is 2. The van der Waals surface area contributed by atoms with E-state index in [1.165, 1.54) is 17.5 Å². The zero-order chi connectivity index (χ0) is 36.1. The summed E-state index contributed by atoms with van der Waals surface area (Å²) in [4.78, 5) is 22.5. The predicted octanol–water partition coefficient (Wildman–Crippen LogP) is 6.48. The van der Waals surface area contributed by atoms with Crippen molar-refractivity contribution in [3.05, 3.63) is 96.6 Å². The van der Waals surface area contributed by atoms with Crippen LogP contribution in [0, 0.1) is 0 Å². The molecule has 0 radical (unpaired) electrons. The Morgan fingerprint density at radius 1 is 0.765 bits per heavy atom. The van der Waals surface area contributed by atoms with Gasteiger partial charge < -0.3 is 34.6 Å². The van der Waals surface area contributed by atoms with Crippen molar-refractivity contribution in [1.29, 1.82) is 0 Å². The first-order valence-electron chi connectivity index (χ1n) is 18.0. The summed E-state index contributed by atoms with van der Waals surface area (Å²) >= 11 is 0. The van der Waals surface area contributed by atoms with E-state index in [0.29, 0.717) is 31.5 Å². The number of amides is 1. The van der Waals surface area contributed by atoms with Gasteiger partial charge in [-0.2, -0.15) is 0 Å². The summed E-state index contributed by atoms with van der Waals surface area (Å²) in [6, 6.07) is 21.2. The van der Waals surface area contributed by atoms with Crippen LogP contribution < -0.4 is 14.8 Å². The van der Waals surface area contributed by atoms with Gasteiger partial charge in [0.05, 0.1) is 18.4 Å². The summed E-state index contributed by atoms with van der Waals surface area (Å²) in [7, 11) is 0. The molecule has 1 amide bonds. The van der Waals surface area contributed by atoms with Crippen LogP contribution in [0.2, 0.25) is 0 Å². The van der Waals surface area contributed by atoms with Crippen molar-refractivity contribution in [2.75, 3.05) is 39.5 Å². The van der Waals surface area contributed by atoms with E-state index in [9.17, 15) is 4.79 Å². The number of aliphatic hydroxyl groups is 2. The number of rotatable bonds is 14. The van der Waals surface area contributed by atoms with Gasteiger partial charge in [0.25, 0.3) is 0 Å². The molecule has 2 aromatic carbocycles. The lowest BCUT2D eigenvalue weighted by molar-refractivity contribution is -0.0141. The lowest BCUT2D eigenvalue weighted by Crippen LogP contribution is -2.55. The fraction of sp³-hybridized carbons (Fsp3) is 0.439. The Hall–Kier alpha value is -4.51. The number of nitrogens with one attached hydrogen (secondary N) is 1. The van der Waals surface area contributed by atoms with Gasteiger partial charge in [0, 0.05) is 49.3 Å². The summed E-state index contributed by atoms with van der Waals surface area (Å²) < 4.78 is 17.2. The van der Waals surface area contributed by atoms with Gasteiger partial charge in [-0.05, 0) is 100 Å². The molecule has 0 spiro atoms. The molecule has 272 valence electrons. The van der Waals surface area contributed by atoms with Crippen molar-refractivity contribution in [2.45, 2.75) is 77.0 Å². The van der Waals surface area contributed by atoms with Crippen molar-refractivity contribution in [2.24, 2.45) is 0 Å². The largest absolute Gasteiger partial charge is 0.490 e. The van der Waals surface area contributed by atoms with Crippen molar-refractivity contribution in [3.63, 3.8) is 0 Å². The van der Waals surface area contributed by atoms with E-state index in [-0.39, 0.29) is 25.3 Å². The fourth-order valence-electron chi connectivity index (χ4n) is 5.66. The Bertz CT molecular complexity index is 1650. The standard InChI is InChI=1S/C23H30N2O4.C18H22N2O2/c1-23(2,3)29-22(27)25-11-10-20(25)16-28-21-13-19(14-24-15-21)18-8-6-17(7-9-18)5-4-12-26;21-9-1-2-14-3-5-15(6-4-14)16-10-18(12-19-11-16)22-13-17-7-8-20-17/h6-9,13-15,20,26H,4-5,10-12,16H2,1-3H3;3-6,10-12,17,20-21H,1-2,7-9,13H2/t20-;17-/m00/s1. The number of benzene rings is 2. The third kappa shape index (κ3) is 11.8. The molecule has 2 aromatic heterocycles.